The topological polar surface area (TPSA) is 58.6 Å². The number of carbonyl (C=O) groups excluding carboxylic acids is 1. The molecule has 80 valence electrons. The maximum atomic E-state index is 11.2. The van der Waals surface area contributed by atoms with Crippen LogP contribution < -0.4 is 10.1 Å². The first-order valence-electron chi connectivity index (χ1n) is 4.93. The minimum Gasteiger partial charge on any atom is -0.508 e. The average Bonchev–Trinajstić information content (AvgIpc) is 2.26. The van der Waals surface area contributed by atoms with Crippen LogP contribution in [0.1, 0.15) is 0 Å². The van der Waals surface area contributed by atoms with Crippen molar-refractivity contribution in [1.29, 1.82) is 0 Å². The summed E-state index contributed by atoms with van der Waals surface area (Å²) in [4.78, 5) is 11.2. The van der Waals surface area contributed by atoms with Gasteiger partial charge in [-0.25, -0.2) is 0 Å². The zero-order valence-corrected chi connectivity index (χ0v) is 8.31. The summed E-state index contributed by atoms with van der Waals surface area (Å²) in [6.45, 7) is 0. The number of allylic oxidation sites excluding steroid dienone is 2. The van der Waals surface area contributed by atoms with Gasteiger partial charge in [0.05, 0.1) is 5.69 Å². The molecule has 0 bridgehead atoms. The largest absolute Gasteiger partial charge is 0.508 e. The fraction of sp³-hybridized carbons (Fsp3) is 0.0833. The fourth-order valence-corrected chi connectivity index (χ4v) is 1.79. The number of benzene rings is 1. The van der Waals surface area contributed by atoms with Crippen molar-refractivity contribution >= 4 is 11.5 Å². The third-order valence-electron chi connectivity index (χ3n) is 2.55. The zero-order valence-electron chi connectivity index (χ0n) is 8.31. The highest BCUT2D eigenvalue weighted by Gasteiger charge is 2.25. The van der Waals surface area contributed by atoms with Crippen molar-refractivity contribution in [2.75, 3.05) is 5.32 Å². The first-order chi connectivity index (χ1) is 7.72. The molecule has 2 aliphatic rings. The minimum atomic E-state index is -0.102. The molecule has 4 nitrogen and oxygen atoms in total. The lowest BCUT2D eigenvalue weighted by atomic mass is 10.1. The van der Waals surface area contributed by atoms with Gasteiger partial charge in [-0.2, -0.15) is 0 Å². The monoisotopic (exact) mass is 215 g/mol. The first kappa shape index (κ1) is 9.03. The van der Waals surface area contributed by atoms with E-state index < -0.39 is 0 Å². The second kappa shape index (κ2) is 3.13. The van der Waals surface area contributed by atoms with Crippen molar-refractivity contribution in [3.63, 3.8) is 0 Å². The van der Waals surface area contributed by atoms with Crippen molar-refractivity contribution in [2.24, 2.45) is 0 Å². The molecule has 0 aromatic heterocycles. The summed E-state index contributed by atoms with van der Waals surface area (Å²) in [5, 5.41) is 12.5. The van der Waals surface area contributed by atoms with Crippen LogP contribution in [0.5, 0.6) is 11.5 Å². The summed E-state index contributed by atoms with van der Waals surface area (Å²) in [6, 6.07) is 4.74. The number of ketones is 1. The van der Waals surface area contributed by atoms with E-state index in [2.05, 4.69) is 5.32 Å². The van der Waals surface area contributed by atoms with Crippen molar-refractivity contribution in [2.45, 2.75) is 6.04 Å². The first-order valence-corrected chi connectivity index (χ1v) is 4.93. The van der Waals surface area contributed by atoms with Gasteiger partial charge in [0.1, 0.15) is 17.6 Å². The van der Waals surface area contributed by atoms with Gasteiger partial charge in [-0.15, -0.1) is 0 Å². The third-order valence-corrected chi connectivity index (χ3v) is 2.55. The number of fused-ring (bicyclic) bond motifs is 2. The van der Waals surface area contributed by atoms with Gasteiger partial charge in [0.15, 0.2) is 11.5 Å². The number of rotatable bonds is 0. The number of anilines is 1. The van der Waals surface area contributed by atoms with E-state index in [4.69, 9.17) is 4.74 Å². The van der Waals surface area contributed by atoms with E-state index in [9.17, 15) is 9.90 Å². The smallest absolute Gasteiger partial charge is 0.181 e. The Balaban J connectivity index is 2.04. The summed E-state index contributed by atoms with van der Waals surface area (Å²) >= 11 is 0. The molecule has 0 saturated carbocycles. The third kappa shape index (κ3) is 1.35. The molecule has 16 heavy (non-hydrogen) atoms. The Kier molecular flexibility index (Phi) is 1.77. The Morgan fingerprint density at radius 1 is 1.38 bits per heavy atom. The van der Waals surface area contributed by atoms with Crippen LogP contribution in [-0.4, -0.2) is 16.9 Å². The highest BCUT2D eigenvalue weighted by molar-refractivity contribution is 6.01. The van der Waals surface area contributed by atoms with E-state index >= 15 is 0 Å². The quantitative estimate of drug-likeness (QED) is 0.645. The number of ether oxygens (including phenoxy) is 1. The van der Waals surface area contributed by atoms with Gasteiger partial charge < -0.3 is 15.2 Å². The van der Waals surface area contributed by atoms with E-state index in [0.29, 0.717) is 11.5 Å². The SMILES string of the molecule is O=C1C=CC2Nc3ccc(O)cc3OC2=C1. The summed E-state index contributed by atoms with van der Waals surface area (Å²) < 4.78 is 5.55. The molecule has 0 fully saturated rings. The molecule has 0 amide bonds. The van der Waals surface area contributed by atoms with Gasteiger partial charge in [-0.1, -0.05) is 6.08 Å². The Hall–Kier alpha value is -2.23. The lowest BCUT2D eigenvalue weighted by Crippen LogP contribution is -2.30. The number of phenols is 1. The van der Waals surface area contributed by atoms with Crippen LogP contribution in [0.15, 0.2) is 42.2 Å². The van der Waals surface area contributed by atoms with Crippen LogP contribution in [0.3, 0.4) is 0 Å². The van der Waals surface area contributed by atoms with Crippen molar-refractivity contribution < 1.29 is 14.6 Å². The molecule has 4 heteroatoms. The molecule has 1 unspecified atom stereocenters. The molecule has 3 rings (SSSR count). The van der Waals surface area contributed by atoms with Crippen LogP contribution in [0.2, 0.25) is 0 Å². The molecule has 0 radical (unpaired) electrons. The van der Waals surface area contributed by atoms with Gasteiger partial charge in [-0.05, 0) is 18.2 Å². The Labute approximate surface area is 91.8 Å². The lowest BCUT2D eigenvalue weighted by molar-refractivity contribution is -0.110. The predicted octanol–water partition coefficient (Wildman–Crippen LogP) is 1.59. The number of hydrogen-bond donors (Lipinski definition) is 2. The van der Waals surface area contributed by atoms with Gasteiger partial charge in [0.2, 0.25) is 0 Å². The summed E-state index contributed by atoms with van der Waals surface area (Å²) in [5.74, 6) is 1.14. The molecule has 0 saturated heterocycles. The molecule has 2 N–H and O–H groups in total. The number of carbonyl (C=O) groups is 1. The van der Waals surface area contributed by atoms with Crippen molar-refractivity contribution in [3.8, 4) is 11.5 Å². The standard InChI is InChI=1S/C12H9NO3/c14-7-1-3-9-11(5-7)16-12-6-8(15)2-4-10(12)13-9/h1-6,9,13,15H. The Morgan fingerprint density at radius 2 is 2.25 bits per heavy atom. The maximum absolute atomic E-state index is 11.2. The predicted molar refractivity (Wildman–Crippen MR) is 58.4 cm³/mol. The second-order valence-electron chi connectivity index (χ2n) is 3.71. The molecule has 1 aromatic rings. The van der Waals surface area contributed by atoms with Crippen LogP contribution in [0.4, 0.5) is 5.69 Å². The normalized spacial score (nSPS) is 21.4. The van der Waals surface area contributed by atoms with Crippen molar-refractivity contribution in [1.82, 2.24) is 0 Å². The van der Waals surface area contributed by atoms with Gasteiger partial charge >= 0.3 is 0 Å². The molecule has 0 spiro atoms. The molecular formula is C12H9NO3. The van der Waals surface area contributed by atoms with Gasteiger partial charge in [0, 0.05) is 12.1 Å². The molecule has 1 aliphatic carbocycles. The van der Waals surface area contributed by atoms with Crippen LogP contribution in [0, 0.1) is 0 Å². The summed E-state index contributed by atoms with van der Waals surface area (Å²) in [6.07, 6.45) is 4.72. The second-order valence-corrected chi connectivity index (χ2v) is 3.71. The van der Waals surface area contributed by atoms with E-state index in [1.165, 1.54) is 18.2 Å². The number of aromatic hydroxyl groups is 1. The molecule has 1 aromatic carbocycles. The number of phenolic OH excluding ortho intramolecular Hbond substituents is 1. The summed E-state index contributed by atoms with van der Waals surface area (Å²) in [5.41, 5.74) is 0.805. The molecule has 1 aliphatic heterocycles. The number of hydrogen-bond acceptors (Lipinski definition) is 4. The van der Waals surface area contributed by atoms with E-state index in [1.807, 2.05) is 0 Å². The Morgan fingerprint density at radius 3 is 3.12 bits per heavy atom. The van der Waals surface area contributed by atoms with Gasteiger partial charge in [-0.3, -0.25) is 4.79 Å². The molecule has 1 heterocycles. The summed E-state index contributed by atoms with van der Waals surface area (Å²) in [7, 11) is 0. The fourth-order valence-electron chi connectivity index (χ4n) is 1.79. The zero-order chi connectivity index (χ0) is 11.1. The van der Waals surface area contributed by atoms with Crippen molar-refractivity contribution in [3.05, 3.63) is 42.2 Å². The van der Waals surface area contributed by atoms with Crippen LogP contribution in [0.25, 0.3) is 0 Å². The average molecular weight is 215 g/mol. The Bertz CT molecular complexity index is 531. The highest BCUT2D eigenvalue weighted by atomic mass is 16.5. The minimum absolute atomic E-state index is 0.0864. The highest BCUT2D eigenvalue weighted by Crippen LogP contribution is 2.36. The van der Waals surface area contributed by atoms with Crippen LogP contribution >= 0.6 is 0 Å². The van der Waals surface area contributed by atoms with Crippen LogP contribution in [-0.2, 0) is 4.79 Å². The van der Waals surface area contributed by atoms with E-state index in [1.54, 1.807) is 18.2 Å². The maximum Gasteiger partial charge on any atom is 0.181 e. The van der Waals surface area contributed by atoms with E-state index in [-0.39, 0.29) is 17.6 Å². The van der Waals surface area contributed by atoms with Gasteiger partial charge in [0.25, 0.3) is 0 Å². The number of nitrogens with one attached hydrogen (secondary N) is 1. The van der Waals surface area contributed by atoms with E-state index in [0.717, 1.165) is 5.69 Å². The lowest BCUT2D eigenvalue weighted by Gasteiger charge is -2.28. The molecular weight excluding hydrogens is 206 g/mol. The molecule has 1 atom stereocenters.